The number of carbonyl (C=O) groups is 1. The zero-order chi connectivity index (χ0) is 22.3. The number of nitrogens with one attached hydrogen (secondary N) is 1. The zero-order valence-corrected chi connectivity index (χ0v) is 18.4. The maximum atomic E-state index is 12.4. The van der Waals surface area contributed by atoms with Gasteiger partial charge in [-0.1, -0.05) is 35.9 Å². The van der Waals surface area contributed by atoms with E-state index in [1.165, 1.54) is 0 Å². The van der Waals surface area contributed by atoms with Crippen LogP contribution in [-0.4, -0.2) is 35.5 Å². The lowest BCUT2D eigenvalue weighted by atomic mass is 9.77. The Bertz CT molecular complexity index is 1150. The molecule has 2 aliphatic rings. The van der Waals surface area contributed by atoms with Crippen LogP contribution in [0.3, 0.4) is 0 Å². The molecular formula is C24H25ClN6O. The van der Waals surface area contributed by atoms with Gasteiger partial charge in [0.25, 0.3) is 0 Å². The minimum Gasteiger partial charge on any atom is -0.384 e. The Labute approximate surface area is 191 Å². The van der Waals surface area contributed by atoms with Gasteiger partial charge in [-0.15, -0.1) is 0 Å². The molecule has 8 heteroatoms. The summed E-state index contributed by atoms with van der Waals surface area (Å²) in [4.78, 5) is 23.1. The van der Waals surface area contributed by atoms with Crippen molar-refractivity contribution in [2.24, 2.45) is 5.41 Å². The summed E-state index contributed by atoms with van der Waals surface area (Å²) in [5.74, 6) is 0.996. The van der Waals surface area contributed by atoms with Gasteiger partial charge >= 0.3 is 0 Å². The normalized spacial score (nSPS) is 17.5. The van der Waals surface area contributed by atoms with Crippen LogP contribution in [0.4, 0.5) is 17.3 Å². The second kappa shape index (κ2) is 7.98. The summed E-state index contributed by atoms with van der Waals surface area (Å²) < 4.78 is 0. The van der Waals surface area contributed by atoms with E-state index >= 15 is 0 Å². The fraction of sp³-hybridized carbons (Fsp3) is 0.292. The second-order valence-electron chi connectivity index (χ2n) is 8.54. The molecule has 0 radical (unpaired) electrons. The van der Waals surface area contributed by atoms with E-state index in [1.807, 2.05) is 18.2 Å². The molecule has 164 valence electrons. The molecule has 32 heavy (non-hydrogen) atoms. The van der Waals surface area contributed by atoms with Crippen LogP contribution in [0, 0.1) is 5.41 Å². The monoisotopic (exact) mass is 448 g/mol. The molecule has 2 fully saturated rings. The van der Waals surface area contributed by atoms with E-state index in [0.717, 1.165) is 66.8 Å². The number of carbonyl (C=O) groups excluding carboxylic acids is 1. The van der Waals surface area contributed by atoms with Gasteiger partial charge < -0.3 is 21.7 Å². The summed E-state index contributed by atoms with van der Waals surface area (Å²) in [6.45, 7) is 2.26. The molecule has 2 saturated heterocycles. The fourth-order valence-electron chi connectivity index (χ4n) is 4.78. The largest absolute Gasteiger partial charge is 0.384 e. The predicted octanol–water partition coefficient (Wildman–Crippen LogP) is 3.73. The smallest absolute Gasteiger partial charge is 0.226 e. The van der Waals surface area contributed by atoms with Crippen LogP contribution >= 0.6 is 11.6 Å². The summed E-state index contributed by atoms with van der Waals surface area (Å²) in [6.07, 6.45) is 6.06. The van der Waals surface area contributed by atoms with Gasteiger partial charge in [0.15, 0.2) is 0 Å². The SMILES string of the molecule is Nc1ccc(-c2ccc(-c3cnc(N)c(Cl)c3N3CCC4(CCNC4=O)CC3)cc2)cn1. The Morgan fingerprint density at radius 1 is 0.906 bits per heavy atom. The van der Waals surface area contributed by atoms with Crippen LogP contribution in [0.15, 0.2) is 48.8 Å². The third-order valence-corrected chi connectivity index (χ3v) is 7.12. The summed E-state index contributed by atoms with van der Waals surface area (Å²) in [5.41, 5.74) is 16.4. The van der Waals surface area contributed by atoms with E-state index in [9.17, 15) is 4.79 Å². The highest BCUT2D eigenvalue weighted by Crippen LogP contribution is 2.44. The number of hydrogen-bond donors (Lipinski definition) is 3. The average Bonchev–Trinajstić information content (AvgIpc) is 3.16. The molecule has 0 bridgehead atoms. The Morgan fingerprint density at radius 3 is 2.22 bits per heavy atom. The molecule has 0 saturated carbocycles. The lowest BCUT2D eigenvalue weighted by Crippen LogP contribution is -2.44. The first-order valence-corrected chi connectivity index (χ1v) is 11.1. The number of nitrogen functional groups attached to an aromatic ring is 2. The molecular weight excluding hydrogens is 424 g/mol. The Hall–Kier alpha value is -3.32. The number of nitrogens with two attached hydrogens (primary N) is 2. The van der Waals surface area contributed by atoms with E-state index in [-0.39, 0.29) is 11.3 Å². The molecule has 0 aliphatic carbocycles. The van der Waals surface area contributed by atoms with E-state index in [4.69, 9.17) is 23.1 Å². The number of aromatic nitrogens is 2. The second-order valence-corrected chi connectivity index (χ2v) is 8.92. The van der Waals surface area contributed by atoms with Gasteiger partial charge in [-0.2, -0.15) is 0 Å². The van der Waals surface area contributed by atoms with Gasteiger partial charge in [-0.25, -0.2) is 9.97 Å². The molecule has 0 unspecified atom stereocenters. The highest BCUT2D eigenvalue weighted by Gasteiger charge is 2.44. The van der Waals surface area contributed by atoms with Crippen molar-refractivity contribution < 1.29 is 4.79 Å². The third kappa shape index (κ3) is 3.52. The molecule has 1 amide bonds. The van der Waals surface area contributed by atoms with Gasteiger partial charge in [0.1, 0.15) is 16.7 Å². The molecule has 3 aromatic rings. The first-order valence-electron chi connectivity index (χ1n) is 10.8. The van der Waals surface area contributed by atoms with Gasteiger partial charge in [0.2, 0.25) is 5.91 Å². The Morgan fingerprint density at radius 2 is 1.59 bits per heavy atom. The van der Waals surface area contributed by atoms with Crippen molar-refractivity contribution in [3.8, 4) is 22.3 Å². The van der Waals surface area contributed by atoms with E-state index in [2.05, 4.69) is 32.3 Å². The lowest BCUT2D eigenvalue weighted by molar-refractivity contribution is -0.128. The first kappa shape index (κ1) is 20.6. The van der Waals surface area contributed by atoms with E-state index in [1.54, 1.807) is 18.5 Å². The number of benzene rings is 1. The zero-order valence-electron chi connectivity index (χ0n) is 17.6. The highest BCUT2D eigenvalue weighted by atomic mass is 35.5. The van der Waals surface area contributed by atoms with Crippen molar-refractivity contribution in [2.45, 2.75) is 19.3 Å². The molecule has 5 rings (SSSR count). The van der Waals surface area contributed by atoms with Crippen molar-refractivity contribution >= 4 is 34.8 Å². The average molecular weight is 449 g/mol. The van der Waals surface area contributed by atoms with E-state index < -0.39 is 0 Å². The Balaban J connectivity index is 1.46. The van der Waals surface area contributed by atoms with Crippen LogP contribution in [-0.2, 0) is 4.79 Å². The summed E-state index contributed by atoms with van der Waals surface area (Å²) in [6, 6.07) is 11.9. The molecule has 0 atom stereocenters. The number of piperidine rings is 1. The number of hydrogen-bond acceptors (Lipinski definition) is 6. The third-order valence-electron chi connectivity index (χ3n) is 6.74. The quantitative estimate of drug-likeness (QED) is 0.563. The molecule has 1 aromatic carbocycles. The molecule has 4 heterocycles. The van der Waals surface area contributed by atoms with Crippen LogP contribution in [0.5, 0.6) is 0 Å². The van der Waals surface area contributed by atoms with Crippen molar-refractivity contribution in [3.05, 3.63) is 53.8 Å². The number of halogens is 1. The number of anilines is 3. The van der Waals surface area contributed by atoms with Crippen LogP contribution < -0.4 is 21.7 Å². The fourth-order valence-corrected chi connectivity index (χ4v) is 5.05. The number of nitrogens with zero attached hydrogens (tertiary/aromatic N) is 3. The lowest BCUT2D eigenvalue weighted by Gasteiger charge is -2.39. The van der Waals surface area contributed by atoms with Crippen LogP contribution in [0.2, 0.25) is 5.02 Å². The molecule has 1 spiro atoms. The number of pyridine rings is 2. The topological polar surface area (TPSA) is 110 Å². The van der Waals surface area contributed by atoms with E-state index in [0.29, 0.717) is 16.7 Å². The van der Waals surface area contributed by atoms with Crippen molar-refractivity contribution in [2.75, 3.05) is 36.0 Å². The van der Waals surface area contributed by atoms with Crippen LogP contribution in [0.25, 0.3) is 22.3 Å². The molecule has 2 aromatic heterocycles. The van der Waals surface area contributed by atoms with Crippen molar-refractivity contribution in [1.82, 2.24) is 15.3 Å². The van der Waals surface area contributed by atoms with Gasteiger partial charge in [-0.05, 0) is 42.5 Å². The standard InChI is InChI=1S/C24H25ClN6O/c25-20-21(31-11-8-24(9-12-31)7-10-28-23(24)32)18(14-30-22(20)27)16-3-1-15(2-4-16)17-5-6-19(26)29-13-17/h1-6,13-14H,7-12H2,(H2,26,29)(H2,27,30)(H,28,32). The highest BCUT2D eigenvalue weighted by molar-refractivity contribution is 6.36. The minimum absolute atomic E-state index is 0.186. The first-order chi connectivity index (χ1) is 15.5. The van der Waals surface area contributed by atoms with Crippen molar-refractivity contribution in [3.63, 3.8) is 0 Å². The summed E-state index contributed by atoms with van der Waals surface area (Å²) >= 11 is 6.67. The van der Waals surface area contributed by atoms with Gasteiger partial charge in [0, 0.05) is 43.2 Å². The van der Waals surface area contributed by atoms with Gasteiger partial charge in [-0.3, -0.25) is 4.79 Å². The number of rotatable bonds is 3. The number of amides is 1. The maximum Gasteiger partial charge on any atom is 0.226 e. The van der Waals surface area contributed by atoms with Gasteiger partial charge in [0.05, 0.1) is 11.1 Å². The molecule has 2 aliphatic heterocycles. The minimum atomic E-state index is -0.240. The van der Waals surface area contributed by atoms with Crippen LogP contribution in [0.1, 0.15) is 19.3 Å². The molecule has 7 nitrogen and oxygen atoms in total. The van der Waals surface area contributed by atoms with Crippen molar-refractivity contribution in [1.29, 1.82) is 0 Å². The summed E-state index contributed by atoms with van der Waals surface area (Å²) in [7, 11) is 0. The maximum absolute atomic E-state index is 12.4. The predicted molar refractivity (Wildman–Crippen MR) is 128 cm³/mol. The molecule has 5 N–H and O–H groups in total. The summed E-state index contributed by atoms with van der Waals surface area (Å²) in [5, 5.41) is 3.45. The Kier molecular flexibility index (Phi) is 5.13.